The third-order valence-corrected chi connectivity index (χ3v) is 4.72. The van der Waals surface area contributed by atoms with Crippen molar-refractivity contribution in [1.82, 2.24) is 19.9 Å². The Labute approximate surface area is 159 Å². The van der Waals surface area contributed by atoms with Gasteiger partial charge in [0, 0.05) is 38.1 Å². The van der Waals surface area contributed by atoms with Crippen molar-refractivity contribution in [1.29, 1.82) is 5.26 Å². The van der Waals surface area contributed by atoms with Crippen molar-refractivity contribution in [3.8, 4) is 17.3 Å². The smallest absolute Gasteiger partial charge is 0.191 e. The zero-order valence-electron chi connectivity index (χ0n) is 14.9. The Bertz CT molecular complexity index is 1040. The van der Waals surface area contributed by atoms with E-state index in [-0.39, 0.29) is 23.2 Å². The summed E-state index contributed by atoms with van der Waals surface area (Å²) in [5.41, 5.74) is 0.854. The number of aromatic nitrogens is 4. The molecular weight excluding hydrogens is 364 g/mol. The summed E-state index contributed by atoms with van der Waals surface area (Å²) < 4.78 is 28.1. The summed E-state index contributed by atoms with van der Waals surface area (Å²) in [6.07, 6.45) is 4.29. The molecule has 1 saturated heterocycles. The molecule has 0 bridgehead atoms. The second kappa shape index (κ2) is 7.15. The van der Waals surface area contributed by atoms with Crippen LogP contribution in [0.15, 0.2) is 43.0 Å². The van der Waals surface area contributed by atoms with Gasteiger partial charge in [0.1, 0.15) is 23.9 Å². The van der Waals surface area contributed by atoms with Crippen LogP contribution in [-0.4, -0.2) is 46.1 Å². The fraction of sp³-hybridized carbons (Fsp3) is 0.211. The molecule has 4 rings (SSSR count). The molecule has 0 spiro atoms. The highest BCUT2D eigenvalue weighted by Gasteiger charge is 2.34. The largest absolute Gasteiger partial charge is 0.351 e. The highest BCUT2D eigenvalue weighted by Crippen LogP contribution is 2.30. The molecule has 0 radical (unpaired) electrons. The van der Waals surface area contributed by atoms with Gasteiger partial charge in [-0.25, -0.2) is 28.7 Å². The third kappa shape index (κ3) is 3.09. The Balaban J connectivity index is 1.53. The number of hydrogen-bond donors (Lipinski definition) is 0. The van der Waals surface area contributed by atoms with E-state index in [1.807, 2.05) is 18.0 Å². The summed E-state index contributed by atoms with van der Waals surface area (Å²) >= 11 is 0. The molecule has 0 atom stereocenters. The molecule has 9 heteroatoms. The van der Waals surface area contributed by atoms with Crippen LogP contribution in [-0.2, 0) is 0 Å². The molecule has 0 aliphatic carbocycles. The molecule has 1 aliphatic heterocycles. The van der Waals surface area contributed by atoms with Crippen molar-refractivity contribution in [2.45, 2.75) is 6.04 Å². The van der Waals surface area contributed by atoms with E-state index in [0.29, 0.717) is 24.5 Å². The van der Waals surface area contributed by atoms with Crippen LogP contribution >= 0.6 is 0 Å². The quantitative estimate of drug-likeness (QED) is 0.688. The summed E-state index contributed by atoms with van der Waals surface area (Å²) in [5, 5.41) is 9.18. The van der Waals surface area contributed by atoms with Crippen LogP contribution < -0.4 is 9.80 Å². The number of likely N-dealkylation sites (N-methyl/N-ethyl adjacent to an activating group) is 1. The van der Waals surface area contributed by atoms with Crippen molar-refractivity contribution < 1.29 is 8.78 Å². The SMILES string of the molecule is CN(c1nccnc1C#N)C1CN(c2ncnc(-c3ccc(F)cc3)c2F)C1. The average Bonchev–Trinajstić information content (AvgIpc) is 2.69. The fourth-order valence-corrected chi connectivity index (χ4v) is 3.10. The number of nitriles is 1. The predicted molar refractivity (Wildman–Crippen MR) is 98.5 cm³/mol. The van der Waals surface area contributed by atoms with Crippen LogP contribution in [0.25, 0.3) is 11.3 Å². The van der Waals surface area contributed by atoms with Gasteiger partial charge in [-0.3, -0.25) is 0 Å². The van der Waals surface area contributed by atoms with Crippen LogP contribution in [0.5, 0.6) is 0 Å². The molecule has 0 unspecified atom stereocenters. The first-order valence-corrected chi connectivity index (χ1v) is 8.54. The second-order valence-electron chi connectivity index (χ2n) is 6.38. The van der Waals surface area contributed by atoms with Crippen molar-refractivity contribution in [3.63, 3.8) is 0 Å². The summed E-state index contributed by atoms with van der Waals surface area (Å²) in [4.78, 5) is 20.0. The van der Waals surface area contributed by atoms with Crippen molar-refractivity contribution >= 4 is 11.6 Å². The first-order valence-electron chi connectivity index (χ1n) is 8.54. The Hall–Kier alpha value is -3.67. The minimum absolute atomic E-state index is 0.0347. The van der Waals surface area contributed by atoms with Crippen molar-refractivity contribution in [2.75, 3.05) is 29.9 Å². The Morgan fingerprint density at radius 2 is 1.79 bits per heavy atom. The van der Waals surface area contributed by atoms with Gasteiger partial charge in [0.15, 0.2) is 23.1 Å². The van der Waals surface area contributed by atoms with Gasteiger partial charge in [-0.2, -0.15) is 5.26 Å². The van der Waals surface area contributed by atoms with Crippen LogP contribution in [0.3, 0.4) is 0 Å². The lowest BCUT2D eigenvalue weighted by Crippen LogP contribution is -2.59. The maximum absolute atomic E-state index is 15.0. The molecule has 3 heterocycles. The Morgan fingerprint density at radius 3 is 2.50 bits per heavy atom. The van der Waals surface area contributed by atoms with Crippen LogP contribution in [0, 0.1) is 23.0 Å². The highest BCUT2D eigenvalue weighted by atomic mass is 19.1. The van der Waals surface area contributed by atoms with Gasteiger partial charge >= 0.3 is 0 Å². The highest BCUT2D eigenvalue weighted by molar-refractivity contribution is 5.64. The van der Waals surface area contributed by atoms with Crippen LogP contribution in [0.4, 0.5) is 20.4 Å². The average molecular weight is 379 g/mol. The number of rotatable bonds is 4. The van der Waals surface area contributed by atoms with Gasteiger partial charge in [-0.15, -0.1) is 0 Å². The lowest BCUT2D eigenvalue weighted by Gasteiger charge is -2.45. The molecule has 3 aromatic rings. The topological polar surface area (TPSA) is 81.8 Å². The lowest BCUT2D eigenvalue weighted by atomic mass is 10.1. The first-order chi connectivity index (χ1) is 13.6. The number of benzene rings is 1. The minimum Gasteiger partial charge on any atom is -0.351 e. The van der Waals surface area contributed by atoms with E-state index < -0.39 is 11.6 Å². The zero-order valence-corrected chi connectivity index (χ0v) is 14.9. The van der Waals surface area contributed by atoms with E-state index in [2.05, 4.69) is 19.9 Å². The summed E-state index contributed by atoms with van der Waals surface area (Å²) in [6, 6.07) is 7.55. The summed E-state index contributed by atoms with van der Waals surface area (Å²) in [5.74, 6) is -0.260. The maximum Gasteiger partial charge on any atom is 0.191 e. The molecule has 0 amide bonds. The minimum atomic E-state index is -0.549. The monoisotopic (exact) mass is 379 g/mol. The third-order valence-electron chi connectivity index (χ3n) is 4.72. The van der Waals surface area contributed by atoms with Gasteiger partial charge in [0.2, 0.25) is 0 Å². The molecule has 2 aromatic heterocycles. The maximum atomic E-state index is 15.0. The molecule has 140 valence electrons. The van der Waals surface area contributed by atoms with Crippen molar-refractivity contribution in [2.24, 2.45) is 0 Å². The van der Waals surface area contributed by atoms with E-state index in [9.17, 15) is 14.0 Å². The van der Waals surface area contributed by atoms with E-state index >= 15 is 0 Å². The Morgan fingerprint density at radius 1 is 1.07 bits per heavy atom. The summed E-state index contributed by atoms with van der Waals surface area (Å²) in [7, 11) is 1.83. The number of anilines is 2. The molecule has 28 heavy (non-hydrogen) atoms. The number of halogens is 2. The summed E-state index contributed by atoms with van der Waals surface area (Å²) in [6.45, 7) is 1.02. The van der Waals surface area contributed by atoms with E-state index in [1.165, 1.54) is 43.0 Å². The molecule has 1 aliphatic rings. The van der Waals surface area contributed by atoms with Crippen LogP contribution in [0.2, 0.25) is 0 Å². The number of nitrogens with zero attached hydrogens (tertiary/aromatic N) is 7. The second-order valence-corrected chi connectivity index (χ2v) is 6.38. The fourth-order valence-electron chi connectivity index (χ4n) is 3.10. The van der Waals surface area contributed by atoms with E-state index in [0.717, 1.165) is 0 Å². The van der Waals surface area contributed by atoms with Crippen molar-refractivity contribution in [3.05, 3.63) is 60.3 Å². The van der Waals surface area contributed by atoms with Gasteiger partial charge in [-0.1, -0.05) is 0 Å². The standard InChI is InChI=1S/C19H15F2N7/c1-27(18-15(8-22)23-6-7-24-18)14-9-28(10-14)19-16(21)17(25-11-26-19)12-2-4-13(20)5-3-12/h2-7,11,14H,9-10H2,1H3. The molecule has 0 N–H and O–H groups in total. The normalized spacial score (nSPS) is 13.7. The Kier molecular flexibility index (Phi) is 4.53. The van der Waals surface area contributed by atoms with Gasteiger partial charge in [0.25, 0.3) is 0 Å². The van der Waals surface area contributed by atoms with E-state index in [4.69, 9.17) is 0 Å². The predicted octanol–water partition coefficient (Wildman–Crippen LogP) is 2.41. The molecule has 1 aromatic carbocycles. The number of hydrogen-bond acceptors (Lipinski definition) is 7. The van der Waals surface area contributed by atoms with Gasteiger partial charge in [-0.05, 0) is 24.3 Å². The van der Waals surface area contributed by atoms with Crippen LogP contribution in [0.1, 0.15) is 5.69 Å². The lowest BCUT2D eigenvalue weighted by molar-refractivity contribution is 0.476. The molecule has 7 nitrogen and oxygen atoms in total. The molecule has 1 fully saturated rings. The van der Waals surface area contributed by atoms with Gasteiger partial charge < -0.3 is 9.80 Å². The van der Waals surface area contributed by atoms with Gasteiger partial charge in [0.05, 0.1) is 6.04 Å². The first kappa shape index (κ1) is 17.7. The molecular formula is C19H15F2N7. The zero-order chi connectivity index (χ0) is 19.7. The molecule has 0 saturated carbocycles. The van der Waals surface area contributed by atoms with E-state index in [1.54, 1.807) is 4.90 Å².